The minimum Gasteiger partial charge on any atom is -0.468 e. The lowest BCUT2D eigenvalue weighted by atomic mass is 10.1. The summed E-state index contributed by atoms with van der Waals surface area (Å²) < 4.78 is 5.39. The molecule has 1 heterocycles. The first kappa shape index (κ1) is 16.7. The van der Waals surface area contributed by atoms with E-state index in [2.05, 4.69) is 5.32 Å². The van der Waals surface area contributed by atoms with E-state index in [-0.39, 0.29) is 17.6 Å². The number of rotatable bonds is 6. The molecule has 1 aromatic heterocycles. The van der Waals surface area contributed by atoms with Crippen molar-refractivity contribution in [2.24, 2.45) is 0 Å². The average molecular weight is 317 g/mol. The van der Waals surface area contributed by atoms with Gasteiger partial charge in [-0.05, 0) is 39.2 Å². The predicted molar refractivity (Wildman–Crippen MR) is 85.3 cm³/mol. The third-order valence-corrected chi connectivity index (χ3v) is 3.70. The molecule has 0 radical (unpaired) electrons. The van der Waals surface area contributed by atoms with Crippen molar-refractivity contribution in [2.75, 3.05) is 20.6 Å². The highest BCUT2D eigenvalue weighted by Crippen LogP contribution is 2.22. The van der Waals surface area contributed by atoms with Crippen LogP contribution in [-0.4, -0.2) is 36.4 Å². The van der Waals surface area contributed by atoms with Gasteiger partial charge in [0.25, 0.3) is 11.6 Å². The fraction of sp³-hybridized carbons (Fsp3) is 0.312. The van der Waals surface area contributed by atoms with Crippen LogP contribution in [-0.2, 0) is 0 Å². The van der Waals surface area contributed by atoms with Crippen LogP contribution in [0, 0.1) is 17.0 Å². The zero-order chi connectivity index (χ0) is 17.0. The molecule has 0 saturated carbocycles. The molecule has 0 bridgehead atoms. The lowest BCUT2D eigenvalue weighted by Crippen LogP contribution is -2.34. The molecule has 0 aliphatic rings. The number of nitrogens with one attached hydrogen (secondary N) is 1. The van der Waals surface area contributed by atoms with E-state index in [9.17, 15) is 14.9 Å². The molecule has 0 fully saturated rings. The van der Waals surface area contributed by atoms with Gasteiger partial charge in [0, 0.05) is 23.7 Å². The number of nitro groups is 1. The topological polar surface area (TPSA) is 88.6 Å². The Morgan fingerprint density at radius 3 is 2.65 bits per heavy atom. The first-order chi connectivity index (χ1) is 10.9. The second kappa shape index (κ2) is 7.06. The predicted octanol–water partition coefficient (Wildman–Crippen LogP) is 2.53. The molecule has 0 saturated heterocycles. The van der Waals surface area contributed by atoms with Gasteiger partial charge in [-0.1, -0.05) is 6.07 Å². The van der Waals surface area contributed by atoms with E-state index in [1.54, 1.807) is 25.3 Å². The van der Waals surface area contributed by atoms with Gasteiger partial charge >= 0.3 is 0 Å². The summed E-state index contributed by atoms with van der Waals surface area (Å²) in [4.78, 5) is 24.8. The van der Waals surface area contributed by atoms with Crippen LogP contribution in [0.5, 0.6) is 0 Å². The van der Waals surface area contributed by atoms with Gasteiger partial charge in [-0.25, -0.2) is 0 Å². The summed E-state index contributed by atoms with van der Waals surface area (Å²) >= 11 is 0. The lowest BCUT2D eigenvalue weighted by molar-refractivity contribution is -0.385. The Bertz CT molecular complexity index is 695. The van der Waals surface area contributed by atoms with E-state index in [0.717, 1.165) is 5.76 Å². The maximum atomic E-state index is 12.4. The minimum atomic E-state index is -0.489. The molecular weight excluding hydrogens is 298 g/mol. The molecule has 1 atom stereocenters. The minimum absolute atomic E-state index is 0.0622. The zero-order valence-electron chi connectivity index (χ0n) is 13.3. The number of hydrogen-bond acceptors (Lipinski definition) is 5. The van der Waals surface area contributed by atoms with E-state index in [1.165, 1.54) is 12.1 Å². The zero-order valence-corrected chi connectivity index (χ0v) is 13.3. The van der Waals surface area contributed by atoms with Gasteiger partial charge < -0.3 is 9.73 Å². The monoisotopic (exact) mass is 317 g/mol. The Morgan fingerprint density at radius 2 is 2.09 bits per heavy atom. The third kappa shape index (κ3) is 3.75. The highest BCUT2D eigenvalue weighted by molar-refractivity contribution is 5.96. The molecule has 2 rings (SSSR count). The molecule has 7 nitrogen and oxygen atoms in total. The summed E-state index contributed by atoms with van der Waals surface area (Å²) in [5.41, 5.74) is 0.596. The summed E-state index contributed by atoms with van der Waals surface area (Å²) in [6.45, 7) is 1.91. The Kier molecular flexibility index (Phi) is 5.13. The number of nitro benzene ring substituents is 1. The van der Waals surface area contributed by atoms with Crippen molar-refractivity contribution in [1.29, 1.82) is 0 Å². The SMILES string of the molecule is Cc1c(C(=O)NC[C@@H](c2ccco2)N(C)C)cccc1[N+](=O)[O-]. The molecule has 1 aromatic carbocycles. The summed E-state index contributed by atoms with van der Waals surface area (Å²) in [5.74, 6) is 0.399. The summed E-state index contributed by atoms with van der Waals surface area (Å²) in [7, 11) is 3.77. The van der Waals surface area contributed by atoms with E-state index >= 15 is 0 Å². The van der Waals surface area contributed by atoms with Crippen LogP contribution in [0.25, 0.3) is 0 Å². The first-order valence-electron chi connectivity index (χ1n) is 7.14. The van der Waals surface area contributed by atoms with E-state index in [4.69, 9.17) is 4.42 Å². The molecule has 1 N–H and O–H groups in total. The Hall–Kier alpha value is -2.67. The van der Waals surface area contributed by atoms with Crippen molar-refractivity contribution >= 4 is 11.6 Å². The smallest absolute Gasteiger partial charge is 0.273 e. The van der Waals surface area contributed by atoms with Crippen molar-refractivity contribution in [2.45, 2.75) is 13.0 Å². The van der Waals surface area contributed by atoms with Crippen LogP contribution in [0.1, 0.15) is 27.7 Å². The standard InChI is InChI=1S/C16H19N3O4/c1-11-12(6-4-7-13(11)19(21)22)16(20)17-10-14(18(2)3)15-8-5-9-23-15/h4-9,14H,10H2,1-3H3,(H,17,20)/t14-/m0/s1. The van der Waals surface area contributed by atoms with Crippen LogP contribution in [0.3, 0.4) is 0 Å². The lowest BCUT2D eigenvalue weighted by Gasteiger charge is -2.22. The molecule has 23 heavy (non-hydrogen) atoms. The largest absolute Gasteiger partial charge is 0.468 e. The maximum absolute atomic E-state index is 12.4. The number of benzene rings is 1. The third-order valence-electron chi connectivity index (χ3n) is 3.70. The van der Waals surface area contributed by atoms with Crippen LogP contribution in [0.15, 0.2) is 41.0 Å². The molecule has 122 valence electrons. The van der Waals surface area contributed by atoms with Crippen molar-refractivity contribution in [3.05, 3.63) is 63.6 Å². The van der Waals surface area contributed by atoms with Crippen molar-refractivity contribution in [1.82, 2.24) is 10.2 Å². The number of likely N-dealkylation sites (N-methyl/N-ethyl adjacent to an activating group) is 1. The molecule has 1 amide bonds. The van der Waals surface area contributed by atoms with Gasteiger partial charge in [0.15, 0.2) is 0 Å². The summed E-state index contributed by atoms with van der Waals surface area (Å²) in [5, 5.41) is 13.8. The van der Waals surface area contributed by atoms with Crippen LogP contribution in [0.2, 0.25) is 0 Å². The summed E-state index contributed by atoms with van der Waals surface area (Å²) in [6.07, 6.45) is 1.58. The first-order valence-corrected chi connectivity index (χ1v) is 7.14. The Balaban J connectivity index is 2.13. The second-order valence-electron chi connectivity index (χ2n) is 5.41. The van der Waals surface area contributed by atoms with Crippen molar-refractivity contribution in [3.63, 3.8) is 0 Å². The van der Waals surface area contributed by atoms with Gasteiger partial charge in [-0.2, -0.15) is 0 Å². The average Bonchev–Trinajstić information content (AvgIpc) is 3.00. The van der Waals surface area contributed by atoms with E-state index < -0.39 is 4.92 Å². The number of nitrogens with zero attached hydrogens (tertiary/aromatic N) is 2. The molecule has 0 aliphatic heterocycles. The quantitative estimate of drug-likeness (QED) is 0.653. The highest BCUT2D eigenvalue weighted by Gasteiger charge is 2.21. The van der Waals surface area contributed by atoms with Gasteiger partial charge in [-0.3, -0.25) is 19.8 Å². The van der Waals surface area contributed by atoms with Gasteiger partial charge in [-0.15, -0.1) is 0 Å². The normalized spacial score (nSPS) is 12.2. The summed E-state index contributed by atoms with van der Waals surface area (Å²) in [6, 6.07) is 7.99. The van der Waals surface area contributed by atoms with Crippen LogP contribution < -0.4 is 5.32 Å². The Labute approximate surface area is 134 Å². The van der Waals surface area contributed by atoms with Gasteiger partial charge in [0.05, 0.1) is 17.2 Å². The highest BCUT2D eigenvalue weighted by atomic mass is 16.6. The molecule has 7 heteroatoms. The molecule has 0 spiro atoms. The molecule has 0 aliphatic carbocycles. The van der Waals surface area contributed by atoms with Crippen molar-refractivity contribution < 1.29 is 14.1 Å². The molecule has 2 aromatic rings. The Morgan fingerprint density at radius 1 is 1.35 bits per heavy atom. The number of amides is 1. The van der Waals surface area contributed by atoms with Crippen LogP contribution >= 0.6 is 0 Å². The maximum Gasteiger partial charge on any atom is 0.273 e. The number of hydrogen-bond donors (Lipinski definition) is 1. The van der Waals surface area contributed by atoms with E-state index in [1.807, 2.05) is 25.1 Å². The number of carbonyl (C=O) groups is 1. The molecule has 0 unspecified atom stereocenters. The van der Waals surface area contributed by atoms with Gasteiger partial charge in [0.2, 0.25) is 0 Å². The second-order valence-corrected chi connectivity index (χ2v) is 5.41. The van der Waals surface area contributed by atoms with Crippen molar-refractivity contribution in [3.8, 4) is 0 Å². The molecular formula is C16H19N3O4. The van der Waals surface area contributed by atoms with Gasteiger partial charge in [0.1, 0.15) is 5.76 Å². The fourth-order valence-electron chi connectivity index (χ4n) is 2.37. The van der Waals surface area contributed by atoms with Crippen LogP contribution in [0.4, 0.5) is 5.69 Å². The van der Waals surface area contributed by atoms with E-state index in [0.29, 0.717) is 17.7 Å². The number of furan rings is 1. The number of carbonyl (C=O) groups excluding carboxylic acids is 1. The fourth-order valence-corrected chi connectivity index (χ4v) is 2.37.